The lowest BCUT2D eigenvalue weighted by atomic mass is 9.95. The minimum atomic E-state index is -3.13. The molecule has 0 saturated carbocycles. The number of nitrogens with one attached hydrogen (secondary N) is 1. The van der Waals surface area contributed by atoms with Gasteiger partial charge in [-0.1, -0.05) is 6.92 Å². The van der Waals surface area contributed by atoms with Gasteiger partial charge in [-0.3, -0.25) is 0 Å². The van der Waals surface area contributed by atoms with Crippen molar-refractivity contribution < 1.29 is 8.42 Å². The molecule has 0 amide bonds. The molecule has 0 aliphatic carbocycles. The molecular weight excluding hydrogens is 270 g/mol. The molecule has 5 heteroatoms. The van der Waals surface area contributed by atoms with Gasteiger partial charge in [0.1, 0.15) is 0 Å². The summed E-state index contributed by atoms with van der Waals surface area (Å²) in [4.78, 5) is 0.337. The number of halogens is 1. The van der Waals surface area contributed by atoms with E-state index < -0.39 is 9.84 Å². The van der Waals surface area contributed by atoms with Gasteiger partial charge in [0, 0.05) is 23.4 Å². The summed E-state index contributed by atoms with van der Waals surface area (Å²) in [6.45, 7) is 4.21. The summed E-state index contributed by atoms with van der Waals surface area (Å²) in [5.74, 6) is 0.596. The van der Waals surface area contributed by atoms with Gasteiger partial charge in [-0.05, 0) is 44.0 Å². The zero-order valence-corrected chi connectivity index (χ0v) is 12.6. The van der Waals surface area contributed by atoms with Crippen LogP contribution >= 0.6 is 11.6 Å². The first-order valence-electron chi connectivity index (χ1n) is 5.95. The fourth-order valence-corrected chi connectivity index (χ4v) is 2.72. The summed E-state index contributed by atoms with van der Waals surface area (Å²) in [5.41, 5.74) is 0.853. The monoisotopic (exact) mass is 289 g/mol. The third-order valence-electron chi connectivity index (χ3n) is 3.16. The number of alkyl halides is 1. The predicted molar refractivity (Wildman–Crippen MR) is 77.2 cm³/mol. The smallest absolute Gasteiger partial charge is 0.175 e. The average Bonchev–Trinajstić information content (AvgIpc) is 2.29. The van der Waals surface area contributed by atoms with Crippen molar-refractivity contribution in [2.75, 3.05) is 17.5 Å². The molecule has 0 aromatic heterocycles. The number of anilines is 1. The zero-order chi connectivity index (χ0) is 13.8. The first-order chi connectivity index (χ1) is 8.30. The first-order valence-corrected chi connectivity index (χ1v) is 8.37. The largest absolute Gasteiger partial charge is 0.380 e. The summed E-state index contributed by atoms with van der Waals surface area (Å²) in [5, 5.41) is 3.41. The Morgan fingerprint density at radius 1 is 1.28 bits per heavy atom. The fourth-order valence-electron chi connectivity index (χ4n) is 1.67. The van der Waals surface area contributed by atoms with Crippen LogP contribution in [0.25, 0.3) is 0 Å². The van der Waals surface area contributed by atoms with Gasteiger partial charge in [-0.2, -0.15) is 0 Å². The van der Waals surface area contributed by atoms with Gasteiger partial charge >= 0.3 is 0 Å². The Balaban J connectivity index is 2.87. The Bertz CT molecular complexity index is 484. The summed E-state index contributed by atoms with van der Waals surface area (Å²) >= 11 is 5.80. The lowest BCUT2D eigenvalue weighted by Gasteiger charge is -2.30. The highest BCUT2D eigenvalue weighted by atomic mass is 35.5. The van der Waals surface area contributed by atoms with Crippen molar-refractivity contribution in [3.63, 3.8) is 0 Å². The minimum Gasteiger partial charge on any atom is -0.380 e. The van der Waals surface area contributed by atoms with E-state index in [2.05, 4.69) is 19.2 Å². The topological polar surface area (TPSA) is 46.2 Å². The Labute approximate surface area is 114 Å². The molecule has 18 heavy (non-hydrogen) atoms. The van der Waals surface area contributed by atoms with Crippen molar-refractivity contribution >= 4 is 27.1 Å². The number of hydrogen-bond donors (Lipinski definition) is 1. The van der Waals surface area contributed by atoms with E-state index in [0.29, 0.717) is 10.8 Å². The molecule has 0 heterocycles. The van der Waals surface area contributed by atoms with Crippen molar-refractivity contribution in [1.82, 2.24) is 0 Å². The summed E-state index contributed by atoms with van der Waals surface area (Å²) in [6, 6.07) is 6.82. The molecule has 102 valence electrons. The second kappa shape index (κ2) is 5.93. The van der Waals surface area contributed by atoms with Crippen LogP contribution in [0.15, 0.2) is 29.2 Å². The molecule has 0 saturated heterocycles. The number of hydrogen-bond acceptors (Lipinski definition) is 3. The van der Waals surface area contributed by atoms with E-state index in [4.69, 9.17) is 11.6 Å². The fraction of sp³-hybridized carbons (Fsp3) is 0.538. The van der Waals surface area contributed by atoms with E-state index in [1.165, 1.54) is 6.26 Å². The summed E-state index contributed by atoms with van der Waals surface area (Å²) in [6.07, 6.45) is 3.02. The molecule has 0 aliphatic heterocycles. The van der Waals surface area contributed by atoms with Crippen molar-refractivity contribution in [3.8, 4) is 0 Å². The van der Waals surface area contributed by atoms with Gasteiger partial charge < -0.3 is 5.32 Å². The minimum absolute atomic E-state index is 0.0612. The van der Waals surface area contributed by atoms with Gasteiger partial charge in [0.25, 0.3) is 0 Å². The third-order valence-corrected chi connectivity index (χ3v) is 4.47. The normalized spacial score (nSPS) is 15.1. The molecule has 0 spiro atoms. The third kappa shape index (κ3) is 4.18. The summed E-state index contributed by atoms with van der Waals surface area (Å²) in [7, 11) is -3.13. The highest BCUT2D eigenvalue weighted by Gasteiger charge is 2.20. The van der Waals surface area contributed by atoms with Crippen molar-refractivity contribution in [2.45, 2.75) is 37.1 Å². The Morgan fingerprint density at radius 2 is 1.83 bits per heavy atom. The molecule has 0 bridgehead atoms. The molecule has 3 nitrogen and oxygen atoms in total. The molecule has 0 fully saturated rings. The van der Waals surface area contributed by atoms with Crippen LogP contribution in [0.2, 0.25) is 0 Å². The molecule has 0 aliphatic rings. The van der Waals surface area contributed by atoms with Gasteiger partial charge in [-0.25, -0.2) is 8.42 Å². The molecule has 1 unspecified atom stereocenters. The van der Waals surface area contributed by atoms with E-state index >= 15 is 0 Å². The van der Waals surface area contributed by atoms with Crippen molar-refractivity contribution in [2.24, 2.45) is 0 Å². The molecule has 1 rings (SSSR count). The lowest BCUT2D eigenvalue weighted by molar-refractivity contribution is 0.481. The van der Waals surface area contributed by atoms with Gasteiger partial charge in [0.2, 0.25) is 0 Å². The van der Waals surface area contributed by atoms with Crippen LogP contribution in [0.4, 0.5) is 5.69 Å². The molecule has 1 aromatic carbocycles. The van der Waals surface area contributed by atoms with Crippen LogP contribution in [0.5, 0.6) is 0 Å². The standard InChI is InChI=1S/C13H20ClNO2S/c1-4-13(2,9-10-14)15-11-5-7-12(8-6-11)18(3,16)17/h5-8,15H,4,9-10H2,1-3H3. The Morgan fingerprint density at radius 3 is 2.22 bits per heavy atom. The van der Waals surface area contributed by atoms with Crippen LogP contribution < -0.4 is 5.32 Å². The van der Waals surface area contributed by atoms with Gasteiger partial charge in [0.15, 0.2) is 9.84 Å². The Hall–Kier alpha value is -0.740. The highest BCUT2D eigenvalue weighted by Crippen LogP contribution is 2.23. The van der Waals surface area contributed by atoms with Crippen LogP contribution in [0.1, 0.15) is 26.7 Å². The average molecular weight is 290 g/mol. The van der Waals surface area contributed by atoms with E-state index in [9.17, 15) is 8.42 Å². The van der Waals surface area contributed by atoms with E-state index in [-0.39, 0.29) is 5.54 Å². The van der Waals surface area contributed by atoms with Crippen LogP contribution in [0.3, 0.4) is 0 Å². The van der Waals surface area contributed by atoms with Crippen LogP contribution in [-0.2, 0) is 9.84 Å². The summed E-state index contributed by atoms with van der Waals surface area (Å²) < 4.78 is 22.7. The quantitative estimate of drug-likeness (QED) is 0.817. The maximum absolute atomic E-state index is 11.4. The van der Waals surface area contributed by atoms with E-state index in [1.54, 1.807) is 24.3 Å². The van der Waals surface area contributed by atoms with Crippen LogP contribution in [0, 0.1) is 0 Å². The predicted octanol–water partition coefficient (Wildman–Crippen LogP) is 3.30. The number of rotatable bonds is 6. The second-order valence-electron chi connectivity index (χ2n) is 4.77. The maximum Gasteiger partial charge on any atom is 0.175 e. The molecule has 1 aromatic rings. The molecular formula is C13H20ClNO2S. The zero-order valence-electron chi connectivity index (χ0n) is 11.0. The SMILES string of the molecule is CCC(C)(CCCl)Nc1ccc(S(C)(=O)=O)cc1. The lowest BCUT2D eigenvalue weighted by Crippen LogP contribution is -2.34. The Kier molecular flexibility index (Phi) is 5.05. The number of sulfone groups is 1. The highest BCUT2D eigenvalue weighted by molar-refractivity contribution is 7.90. The molecule has 0 radical (unpaired) electrons. The van der Waals surface area contributed by atoms with Crippen LogP contribution in [-0.4, -0.2) is 26.1 Å². The molecule has 1 N–H and O–H groups in total. The maximum atomic E-state index is 11.4. The second-order valence-corrected chi connectivity index (χ2v) is 7.17. The van der Waals surface area contributed by atoms with Crippen molar-refractivity contribution in [3.05, 3.63) is 24.3 Å². The molecule has 1 atom stereocenters. The van der Waals surface area contributed by atoms with Crippen molar-refractivity contribution in [1.29, 1.82) is 0 Å². The van der Waals surface area contributed by atoms with E-state index in [0.717, 1.165) is 18.5 Å². The number of benzene rings is 1. The first kappa shape index (κ1) is 15.3. The van der Waals surface area contributed by atoms with Gasteiger partial charge in [0.05, 0.1) is 4.90 Å². The van der Waals surface area contributed by atoms with E-state index in [1.807, 2.05) is 0 Å². The van der Waals surface area contributed by atoms with Gasteiger partial charge in [-0.15, -0.1) is 11.6 Å².